The van der Waals surface area contributed by atoms with Gasteiger partial charge in [0.25, 0.3) is 0 Å². The summed E-state index contributed by atoms with van der Waals surface area (Å²) in [5.74, 6) is 1.01. The molecular formula is C16H25ClN2O. The number of aryl methyl sites for hydroxylation is 1. The number of halogens is 1. The number of hydrogen-bond donors (Lipinski definition) is 1. The quantitative estimate of drug-likeness (QED) is 0.928. The van der Waals surface area contributed by atoms with Crippen LogP contribution < -0.4 is 10.1 Å². The summed E-state index contributed by atoms with van der Waals surface area (Å²) in [6.07, 6.45) is 2.70. The van der Waals surface area contributed by atoms with E-state index in [-0.39, 0.29) is 12.4 Å². The Balaban J connectivity index is 0.00000147. The van der Waals surface area contributed by atoms with E-state index < -0.39 is 0 Å². The molecule has 0 bridgehead atoms. The highest BCUT2D eigenvalue weighted by Gasteiger charge is 2.39. The van der Waals surface area contributed by atoms with Crippen LogP contribution >= 0.6 is 12.4 Å². The van der Waals surface area contributed by atoms with Gasteiger partial charge in [-0.25, -0.2) is 0 Å². The molecule has 0 radical (unpaired) electrons. The first kappa shape index (κ1) is 15.6. The van der Waals surface area contributed by atoms with E-state index >= 15 is 0 Å². The highest BCUT2D eigenvalue weighted by molar-refractivity contribution is 5.85. The molecule has 1 aromatic carbocycles. The zero-order valence-electron chi connectivity index (χ0n) is 12.4. The van der Waals surface area contributed by atoms with Crippen LogP contribution in [0.1, 0.15) is 24.0 Å². The molecule has 1 unspecified atom stereocenters. The second kappa shape index (κ2) is 6.33. The lowest BCUT2D eigenvalue weighted by Gasteiger charge is -2.23. The van der Waals surface area contributed by atoms with E-state index in [0.717, 1.165) is 12.3 Å². The maximum absolute atomic E-state index is 5.41. The third-order valence-electron chi connectivity index (χ3n) is 4.73. The summed E-state index contributed by atoms with van der Waals surface area (Å²) >= 11 is 0. The standard InChI is InChI=1S/C16H24N2O.ClH/c1-13-3-4-14(9-15(13)19-2)10-18-8-6-16(12-18)5-7-17-11-16;/h3-4,9,17H,5-8,10-12H2,1-2H3;1H. The van der Waals surface area contributed by atoms with Crippen molar-refractivity contribution in [2.75, 3.05) is 33.3 Å². The molecule has 0 aliphatic carbocycles. The van der Waals surface area contributed by atoms with Gasteiger partial charge in [-0.05, 0) is 55.5 Å². The van der Waals surface area contributed by atoms with Gasteiger partial charge in [-0.3, -0.25) is 4.90 Å². The zero-order chi connectivity index (χ0) is 13.3. The third-order valence-corrected chi connectivity index (χ3v) is 4.73. The van der Waals surface area contributed by atoms with Crippen LogP contribution in [-0.4, -0.2) is 38.2 Å². The van der Waals surface area contributed by atoms with Crippen molar-refractivity contribution >= 4 is 12.4 Å². The van der Waals surface area contributed by atoms with E-state index in [0.29, 0.717) is 5.41 Å². The molecule has 3 nitrogen and oxygen atoms in total. The van der Waals surface area contributed by atoms with Crippen LogP contribution in [0.3, 0.4) is 0 Å². The Morgan fingerprint density at radius 1 is 1.35 bits per heavy atom. The number of likely N-dealkylation sites (tertiary alicyclic amines) is 1. The SMILES string of the molecule is COc1cc(CN2CCC3(CCNC3)C2)ccc1C.Cl. The average Bonchev–Trinajstić information content (AvgIpc) is 3.03. The van der Waals surface area contributed by atoms with Gasteiger partial charge in [-0.2, -0.15) is 0 Å². The van der Waals surface area contributed by atoms with E-state index in [1.54, 1.807) is 7.11 Å². The molecule has 20 heavy (non-hydrogen) atoms. The Hall–Kier alpha value is -0.770. The molecule has 0 aromatic heterocycles. The lowest BCUT2D eigenvalue weighted by atomic mass is 9.86. The van der Waals surface area contributed by atoms with Gasteiger partial charge in [0, 0.05) is 19.6 Å². The topological polar surface area (TPSA) is 24.5 Å². The second-order valence-corrected chi connectivity index (χ2v) is 6.19. The fraction of sp³-hybridized carbons (Fsp3) is 0.625. The number of hydrogen-bond acceptors (Lipinski definition) is 3. The second-order valence-electron chi connectivity index (χ2n) is 6.19. The van der Waals surface area contributed by atoms with Gasteiger partial charge in [-0.15, -0.1) is 12.4 Å². The summed E-state index contributed by atoms with van der Waals surface area (Å²) < 4.78 is 5.41. The van der Waals surface area contributed by atoms with Gasteiger partial charge in [0.1, 0.15) is 5.75 Å². The smallest absolute Gasteiger partial charge is 0.122 e. The molecule has 2 aliphatic heterocycles. The van der Waals surface area contributed by atoms with E-state index in [4.69, 9.17) is 4.74 Å². The van der Waals surface area contributed by atoms with Crippen LogP contribution in [0.5, 0.6) is 5.75 Å². The number of methoxy groups -OCH3 is 1. The van der Waals surface area contributed by atoms with Gasteiger partial charge in [0.15, 0.2) is 0 Å². The molecule has 112 valence electrons. The van der Waals surface area contributed by atoms with Crippen LogP contribution in [0.15, 0.2) is 18.2 Å². The first-order chi connectivity index (χ1) is 9.21. The van der Waals surface area contributed by atoms with Crippen LogP contribution in [0.2, 0.25) is 0 Å². The van der Waals surface area contributed by atoms with Gasteiger partial charge in [0.05, 0.1) is 7.11 Å². The fourth-order valence-corrected chi connectivity index (χ4v) is 3.53. The Morgan fingerprint density at radius 3 is 2.90 bits per heavy atom. The summed E-state index contributed by atoms with van der Waals surface area (Å²) in [5.41, 5.74) is 3.14. The third kappa shape index (κ3) is 3.11. The maximum atomic E-state index is 5.41. The van der Waals surface area contributed by atoms with Crippen LogP contribution in [-0.2, 0) is 6.54 Å². The first-order valence-corrected chi connectivity index (χ1v) is 7.27. The number of benzene rings is 1. The van der Waals surface area contributed by atoms with E-state index in [1.165, 1.54) is 50.1 Å². The minimum Gasteiger partial charge on any atom is -0.496 e. The van der Waals surface area contributed by atoms with Crippen molar-refractivity contribution in [1.29, 1.82) is 0 Å². The van der Waals surface area contributed by atoms with Crippen molar-refractivity contribution in [2.24, 2.45) is 5.41 Å². The Morgan fingerprint density at radius 2 is 2.20 bits per heavy atom. The van der Waals surface area contributed by atoms with Gasteiger partial charge >= 0.3 is 0 Å². The van der Waals surface area contributed by atoms with Gasteiger partial charge in [-0.1, -0.05) is 12.1 Å². The predicted molar refractivity (Wildman–Crippen MR) is 84.8 cm³/mol. The van der Waals surface area contributed by atoms with E-state index in [2.05, 4.69) is 35.3 Å². The molecule has 4 heteroatoms. The summed E-state index contributed by atoms with van der Waals surface area (Å²) in [6.45, 7) is 8.04. The maximum Gasteiger partial charge on any atom is 0.122 e. The number of nitrogens with zero attached hydrogens (tertiary/aromatic N) is 1. The summed E-state index contributed by atoms with van der Waals surface area (Å²) in [4.78, 5) is 2.59. The molecule has 0 amide bonds. The van der Waals surface area contributed by atoms with Crippen LogP contribution in [0, 0.1) is 12.3 Å². The highest BCUT2D eigenvalue weighted by atomic mass is 35.5. The first-order valence-electron chi connectivity index (χ1n) is 7.27. The van der Waals surface area contributed by atoms with Crippen LogP contribution in [0.4, 0.5) is 0 Å². The molecule has 1 spiro atoms. The van der Waals surface area contributed by atoms with Crippen LogP contribution in [0.25, 0.3) is 0 Å². The summed E-state index contributed by atoms with van der Waals surface area (Å²) in [6, 6.07) is 6.58. The van der Waals surface area contributed by atoms with Crippen molar-refractivity contribution in [3.8, 4) is 5.75 Å². The normalized spacial score (nSPS) is 25.9. The number of ether oxygens (including phenoxy) is 1. The summed E-state index contributed by atoms with van der Waals surface area (Å²) in [5, 5.41) is 3.52. The monoisotopic (exact) mass is 296 g/mol. The molecule has 0 saturated carbocycles. The highest BCUT2D eigenvalue weighted by Crippen LogP contribution is 2.36. The molecule has 3 rings (SSSR count). The van der Waals surface area contributed by atoms with Crippen molar-refractivity contribution in [2.45, 2.75) is 26.3 Å². The van der Waals surface area contributed by atoms with E-state index in [1.807, 2.05) is 0 Å². The molecule has 1 atom stereocenters. The molecule has 2 heterocycles. The van der Waals surface area contributed by atoms with Gasteiger partial charge in [0.2, 0.25) is 0 Å². The van der Waals surface area contributed by atoms with Crippen molar-refractivity contribution in [1.82, 2.24) is 10.2 Å². The fourth-order valence-electron chi connectivity index (χ4n) is 3.53. The molecule has 2 aliphatic rings. The molecule has 1 aromatic rings. The molecule has 2 fully saturated rings. The number of rotatable bonds is 3. The summed E-state index contributed by atoms with van der Waals surface area (Å²) in [7, 11) is 1.75. The Bertz CT molecular complexity index is 458. The number of nitrogens with one attached hydrogen (secondary N) is 1. The van der Waals surface area contributed by atoms with Gasteiger partial charge < -0.3 is 10.1 Å². The average molecular weight is 297 g/mol. The minimum absolute atomic E-state index is 0. The molecular weight excluding hydrogens is 272 g/mol. The van der Waals surface area contributed by atoms with Crippen molar-refractivity contribution < 1.29 is 4.74 Å². The minimum atomic E-state index is 0. The van der Waals surface area contributed by atoms with Crippen molar-refractivity contribution in [3.63, 3.8) is 0 Å². The lowest BCUT2D eigenvalue weighted by Crippen LogP contribution is -2.28. The molecule has 1 N–H and O–H groups in total. The largest absolute Gasteiger partial charge is 0.496 e. The zero-order valence-corrected chi connectivity index (χ0v) is 13.3. The lowest BCUT2D eigenvalue weighted by molar-refractivity contribution is 0.268. The van der Waals surface area contributed by atoms with Crippen molar-refractivity contribution in [3.05, 3.63) is 29.3 Å². The predicted octanol–water partition coefficient (Wildman–Crippen LogP) is 2.61. The Labute approximate surface area is 128 Å². The Kier molecular flexibility index (Phi) is 4.95. The molecule has 2 saturated heterocycles. The van der Waals surface area contributed by atoms with E-state index in [9.17, 15) is 0 Å².